The van der Waals surface area contributed by atoms with E-state index in [2.05, 4.69) is 10.6 Å². The third-order valence-electron chi connectivity index (χ3n) is 3.41. The smallest absolute Gasteiger partial charge is 0.255 e. The van der Waals surface area contributed by atoms with Crippen molar-refractivity contribution in [2.24, 2.45) is 0 Å². The van der Waals surface area contributed by atoms with Crippen molar-refractivity contribution >= 4 is 17.8 Å². The van der Waals surface area contributed by atoms with Gasteiger partial charge in [0, 0.05) is 12.0 Å². The van der Waals surface area contributed by atoms with Gasteiger partial charge in [-0.05, 0) is 26.2 Å². The van der Waals surface area contributed by atoms with E-state index in [1.54, 1.807) is 6.92 Å². The fourth-order valence-corrected chi connectivity index (χ4v) is 2.48. The molecule has 0 bridgehead atoms. The number of carboxylic acid groups (broad SMARTS) is 1. The highest BCUT2D eigenvalue weighted by atomic mass is 16.4. The van der Waals surface area contributed by atoms with Crippen LogP contribution in [-0.4, -0.2) is 30.9 Å². The summed E-state index contributed by atoms with van der Waals surface area (Å²) in [5.74, 6) is -0.931. The van der Waals surface area contributed by atoms with Crippen molar-refractivity contribution < 1.29 is 23.9 Å². The monoisotopic (exact) mass is 293 g/mol. The summed E-state index contributed by atoms with van der Waals surface area (Å²) in [4.78, 5) is 33.7. The first-order valence-corrected chi connectivity index (χ1v) is 6.85. The maximum atomic E-state index is 12.2. The van der Waals surface area contributed by atoms with Crippen LogP contribution in [0.1, 0.15) is 40.3 Å². The van der Waals surface area contributed by atoms with Gasteiger partial charge in [-0.1, -0.05) is 0 Å². The van der Waals surface area contributed by atoms with Crippen LogP contribution in [0, 0.1) is 6.92 Å². The molecule has 0 unspecified atom stereocenters. The molecule has 1 aliphatic rings. The Kier molecular flexibility index (Phi) is 4.62. The Morgan fingerprint density at radius 2 is 1.86 bits per heavy atom. The second kappa shape index (κ2) is 6.43. The number of aliphatic carboxylic acids is 1. The highest BCUT2D eigenvalue weighted by Crippen LogP contribution is 2.29. The Balaban J connectivity index is 1.96. The number of nitrogens with one attached hydrogen (secondary N) is 2. The Hall–Kier alpha value is -2.31. The van der Waals surface area contributed by atoms with Gasteiger partial charge < -0.3 is 25.0 Å². The van der Waals surface area contributed by atoms with Crippen molar-refractivity contribution in [3.05, 3.63) is 22.6 Å². The first-order chi connectivity index (χ1) is 9.99. The predicted molar refractivity (Wildman–Crippen MR) is 70.4 cm³/mol. The minimum atomic E-state index is -1.38. The SMILES string of the molecule is Cc1oc2c(c1C(=O)NCC(=O)NCC(=O)[O-])CCCC2. The molecular formula is C14H17N2O5-. The molecule has 0 aliphatic heterocycles. The number of amides is 2. The van der Waals surface area contributed by atoms with Crippen LogP contribution in [0.25, 0.3) is 0 Å². The van der Waals surface area contributed by atoms with Crippen molar-refractivity contribution in [2.75, 3.05) is 13.1 Å². The number of carbonyl (C=O) groups excluding carboxylic acids is 3. The van der Waals surface area contributed by atoms with E-state index in [0.717, 1.165) is 37.0 Å². The van der Waals surface area contributed by atoms with E-state index in [9.17, 15) is 19.5 Å². The number of furan rings is 1. The van der Waals surface area contributed by atoms with E-state index in [1.807, 2.05) is 0 Å². The van der Waals surface area contributed by atoms with Gasteiger partial charge >= 0.3 is 0 Å². The summed E-state index contributed by atoms with van der Waals surface area (Å²) >= 11 is 0. The number of fused-ring (bicyclic) bond motifs is 1. The summed E-state index contributed by atoms with van der Waals surface area (Å²) in [5.41, 5.74) is 1.42. The molecule has 21 heavy (non-hydrogen) atoms. The summed E-state index contributed by atoms with van der Waals surface area (Å²) in [6.45, 7) is 0.865. The summed E-state index contributed by atoms with van der Waals surface area (Å²) in [6, 6.07) is 0. The molecule has 1 aromatic heterocycles. The highest BCUT2D eigenvalue weighted by molar-refractivity contribution is 5.99. The second-order valence-corrected chi connectivity index (χ2v) is 4.97. The molecule has 1 aliphatic carbocycles. The minimum absolute atomic E-state index is 0.286. The van der Waals surface area contributed by atoms with E-state index in [4.69, 9.17) is 4.42 Å². The molecule has 0 saturated carbocycles. The lowest BCUT2D eigenvalue weighted by Gasteiger charge is -2.11. The lowest BCUT2D eigenvalue weighted by Crippen LogP contribution is -2.42. The Labute approximate surface area is 121 Å². The molecule has 0 radical (unpaired) electrons. The third kappa shape index (κ3) is 3.62. The first kappa shape index (κ1) is 15.1. The number of aryl methyl sites for hydroxylation is 2. The van der Waals surface area contributed by atoms with Gasteiger partial charge in [0.1, 0.15) is 11.5 Å². The van der Waals surface area contributed by atoms with Gasteiger partial charge in [-0.25, -0.2) is 0 Å². The van der Waals surface area contributed by atoms with Gasteiger partial charge in [-0.15, -0.1) is 0 Å². The predicted octanol–water partition coefficient (Wildman–Crippen LogP) is -0.937. The van der Waals surface area contributed by atoms with Crippen LogP contribution in [0.4, 0.5) is 0 Å². The van der Waals surface area contributed by atoms with E-state index in [0.29, 0.717) is 11.3 Å². The van der Waals surface area contributed by atoms with E-state index < -0.39 is 18.4 Å². The number of hydrogen-bond donors (Lipinski definition) is 2. The molecule has 0 spiro atoms. The normalized spacial score (nSPS) is 13.4. The van der Waals surface area contributed by atoms with Crippen molar-refractivity contribution in [1.82, 2.24) is 10.6 Å². The van der Waals surface area contributed by atoms with Gasteiger partial charge in [0.05, 0.1) is 24.6 Å². The zero-order valence-corrected chi connectivity index (χ0v) is 11.8. The second-order valence-electron chi connectivity index (χ2n) is 4.97. The van der Waals surface area contributed by atoms with Gasteiger partial charge in [0.2, 0.25) is 5.91 Å². The number of carboxylic acids is 1. The summed E-state index contributed by atoms with van der Waals surface area (Å²) in [5, 5.41) is 14.8. The number of rotatable bonds is 5. The fraction of sp³-hybridized carbons (Fsp3) is 0.500. The Morgan fingerprint density at radius 1 is 1.14 bits per heavy atom. The molecule has 2 N–H and O–H groups in total. The summed E-state index contributed by atoms with van der Waals surface area (Å²) < 4.78 is 5.60. The minimum Gasteiger partial charge on any atom is -0.548 e. The first-order valence-electron chi connectivity index (χ1n) is 6.85. The van der Waals surface area contributed by atoms with Gasteiger partial charge in [-0.3, -0.25) is 9.59 Å². The van der Waals surface area contributed by atoms with Gasteiger partial charge in [0.25, 0.3) is 5.91 Å². The maximum absolute atomic E-state index is 12.2. The fourth-order valence-electron chi connectivity index (χ4n) is 2.48. The Morgan fingerprint density at radius 3 is 2.57 bits per heavy atom. The van der Waals surface area contributed by atoms with Crippen LogP contribution in [0.15, 0.2) is 4.42 Å². The van der Waals surface area contributed by atoms with E-state index >= 15 is 0 Å². The average Bonchev–Trinajstić information content (AvgIpc) is 2.78. The standard InChI is InChI=1S/C14H18N2O5/c1-8-13(9-4-2-3-5-10(9)21-8)14(20)16-6-11(17)15-7-12(18)19/h2-7H2,1H3,(H,15,17)(H,16,20)(H,18,19)/p-1. The molecule has 0 saturated heterocycles. The molecule has 114 valence electrons. The van der Waals surface area contributed by atoms with E-state index in [1.165, 1.54) is 0 Å². The molecule has 2 amide bonds. The highest BCUT2D eigenvalue weighted by Gasteiger charge is 2.25. The van der Waals surface area contributed by atoms with Gasteiger partial charge in [-0.2, -0.15) is 0 Å². The molecule has 0 atom stereocenters. The molecule has 2 rings (SSSR count). The molecule has 7 heteroatoms. The quantitative estimate of drug-likeness (QED) is 0.728. The van der Waals surface area contributed by atoms with Crippen LogP contribution in [-0.2, 0) is 22.4 Å². The zero-order valence-electron chi connectivity index (χ0n) is 11.8. The molecule has 1 heterocycles. The molecule has 1 aromatic rings. The van der Waals surface area contributed by atoms with Gasteiger partial charge in [0.15, 0.2) is 0 Å². The molecule has 0 aromatic carbocycles. The maximum Gasteiger partial charge on any atom is 0.255 e. The zero-order chi connectivity index (χ0) is 15.4. The lowest BCUT2D eigenvalue weighted by atomic mass is 9.94. The summed E-state index contributed by atoms with van der Waals surface area (Å²) in [6.07, 6.45) is 3.69. The molecule has 7 nitrogen and oxygen atoms in total. The molecular weight excluding hydrogens is 276 g/mol. The Bertz CT molecular complexity index is 576. The van der Waals surface area contributed by atoms with Crippen LogP contribution in [0.2, 0.25) is 0 Å². The number of carbonyl (C=O) groups is 3. The van der Waals surface area contributed by atoms with E-state index in [-0.39, 0.29) is 12.5 Å². The number of hydrogen-bond acceptors (Lipinski definition) is 5. The van der Waals surface area contributed by atoms with Crippen LogP contribution in [0.3, 0.4) is 0 Å². The average molecular weight is 293 g/mol. The lowest BCUT2D eigenvalue weighted by molar-refractivity contribution is -0.304. The van der Waals surface area contributed by atoms with Crippen molar-refractivity contribution in [1.29, 1.82) is 0 Å². The summed E-state index contributed by atoms with van der Waals surface area (Å²) in [7, 11) is 0. The largest absolute Gasteiger partial charge is 0.548 e. The van der Waals surface area contributed by atoms with Crippen LogP contribution < -0.4 is 15.7 Å². The van der Waals surface area contributed by atoms with Crippen molar-refractivity contribution in [3.63, 3.8) is 0 Å². The topological polar surface area (TPSA) is 111 Å². The van der Waals surface area contributed by atoms with Crippen LogP contribution in [0.5, 0.6) is 0 Å². The van der Waals surface area contributed by atoms with Crippen molar-refractivity contribution in [3.8, 4) is 0 Å². The molecule has 0 fully saturated rings. The van der Waals surface area contributed by atoms with Crippen LogP contribution >= 0.6 is 0 Å². The third-order valence-corrected chi connectivity index (χ3v) is 3.41. The van der Waals surface area contributed by atoms with Crippen molar-refractivity contribution in [2.45, 2.75) is 32.6 Å².